The molecule has 1 N–H and O–H groups in total. The minimum Gasteiger partial charge on any atom is -0.439 e. The van der Waals surface area contributed by atoms with Crippen LogP contribution in [0, 0.1) is 6.92 Å². The van der Waals surface area contributed by atoms with Crippen LogP contribution in [0.1, 0.15) is 16.8 Å². The average Bonchev–Trinajstić information content (AvgIpc) is 2.69. The molecule has 20 heavy (non-hydrogen) atoms. The molecule has 0 atom stereocenters. The van der Waals surface area contributed by atoms with Crippen molar-refractivity contribution in [3.05, 3.63) is 41.1 Å². The fourth-order valence-electron chi connectivity index (χ4n) is 1.77. The number of hydrogen-bond donors (Lipinski definition) is 1. The van der Waals surface area contributed by atoms with E-state index in [0.29, 0.717) is 5.75 Å². The summed E-state index contributed by atoms with van der Waals surface area (Å²) >= 11 is 0. The second-order valence-corrected chi connectivity index (χ2v) is 4.33. The van der Waals surface area contributed by atoms with E-state index in [1.165, 1.54) is 7.05 Å². The molecule has 0 aliphatic heterocycles. The minimum absolute atomic E-state index is 0.122. The van der Waals surface area contributed by atoms with Crippen molar-refractivity contribution in [2.75, 3.05) is 0 Å². The first-order chi connectivity index (χ1) is 9.32. The Balaban J connectivity index is 2.41. The van der Waals surface area contributed by atoms with Gasteiger partial charge in [0.1, 0.15) is 5.75 Å². The number of nitrogens with zero attached hydrogens (tertiary/aromatic N) is 2. The van der Waals surface area contributed by atoms with Crippen LogP contribution in [0.15, 0.2) is 24.3 Å². The van der Waals surface area contributed by atoms with Crippen molar-refractivity contribution < 1.29 is 23.0 Å². The van der Waals surface area contributed by atoms with E-state index in [4.69, 9.17) is 9.84 Å². The number of alkyl halides is 3. The summed E-state index contributed by atoms with van der Waals surface area (Å²) in [7, 11) is 1.33. The Morgan fingerprint density at radius 3 is 2.35 bits per heavy atom. The number of rotatable bonds is 3. The molecule has 0 saturated heterocycles. The summed E-state index contributed by atoms with van der Waals surface area (Å²) in [5.74, 6) is 0.255. The molecule has 1 aromatic heterocycles. The van der Waals surface area contributed by atoms with Gasteiger partial charge in [-0.25, -0.2) is 4.68 Å². The first-order valence-electron chi connectivity index (χ1n) is 5.81. The first kappa shape index (κ1) is 14.4. The molecule has 2 rings (SSSR count). The molecule has 0 spiro atoms. The van der Waals surface area contributed by atoms with Gasteiger partial charge >= 0.3 is 6.18 Å². The first-order valence-corrected chi connectivity index (χ1v) is 5.81. The maximum Gasteiger partial charge on any atom is 0.435 e. The van der Waals surface area contributed by atoms with E-state index >= 15 is 0 Å². The highest BCUT2D eigenvalue weighted by Crippen LogP contribution is 2.36. The topological polar surface area (TPSA) is 47.3 Å². The van der Waals surface area contributed by atoms with Gasteiger partial charge in [0, 0.05) is 7.05 Å². The highest BCUT2D eigenvalue weighted by atomic mass is 19.4. The fraction of sp³-hybridized carbons (Fsp3) is 0.308. The summed E-state index contributed by atoms with van der Waals surface area (Å²) in [6.45, 7) is 1.08. The summed E-state index contributed by atoms with van der Waals surface area (Å²) in [6, 6.07) is 6.82. The molecule has 0 fully saturated rings. The molecule has 1 aromatic carbocycles. The molecule has 7 heteroatoms. The molecule has 0 aliphatic carbocycles. The molecule has 0 unspecified atom stereocenters. The monoisotopic (exact) mass is 286 g/mol. The standard InChI is InChI=1S/C13H13F3N2O2/c1-8-3-5-9(6-4-8)20-12-10(7-19)11(13(14,15)16)17-18(12)2/h3-6,19H,7H2,1-2H3. The zero-order chi connectivity index (χ0) is 14.9. The smallest absolute Gasteiger partial charge is 0.435 e. The zero-order valence-electron chi connectivity index (χ0n) is 10.9. The van der Waals surface area contributed by atoms with E-state index in [2.05, 4.69) is 5.10 Å². The van der Waals surface area contributed by atoms with Gasteiger partial charge in [-0.15, -0.1) is 0 Å². The maximum atomic E-state index is 12.8. The summed E-state index contributed by atoms with van der Waals surface area (Å²) in [6.07, 6.45) is -4.63. The highest BCUT2D eigenvalue weighted by molar-refractivity contribution is 5.37. The zero-order valence-corrected chi connectivity index (χ0v) is 10.9. The summed E-state index contributed by atoms with van der Waals surface area (Å²) in [5, 5.41) is 12.5. The van der Waals surface area contributed by atoms with Crippen molar-refractivity contribution in [1.29, 1.82) is 0 Å². The van der Waals surface area contributed by atoms with Crippen LogP contribution in [0.25, 0.3) is 0 Å². The molecule has 0 aliphatic rings. The molecule has 4 nitrogen and oxygen atoms in total. The van der Waals surface area contributed by atoms with E-state index in [-0.39, 0.29) is 11.4 Å². The maximum absolute atomic E-state index is 12.8. The van der Waals surface area contributed by atoms with Crippen LogP contribution in [0.3, 0.4) is 0 Å². The second kappa shape index (κ2) is 5.16. The number of hydrogen-bond acceptors (Lipinski definition) is 3. The average molecular weight is 286 g/mol. The van der Waals surface area contributed by atoms with Crippen LogP contribution < -0.4 is 4.74 Å². The Kier molecular flexibility index (Phi) is 3.71. The van der Waals surface area contributed by atoms with Gasteiger partial charge in [-0.05, 0) is 19.1 Å². The predicted molar refractivity (Wildman–Crippen MR) is 65.4 cm³/mol. The van der Waals surface area contributed by atoms with Gasteiger partial charge in [0.2, 0.25) is 5.88 Å². The molecular weight excluding hydrogens is 273 g/mol. The number of aliphatic hydroxyl groups excluding tert-OH is 1. The highest BCUT2D eigenvalue weighted by Gasteiger charge is 2.39. The van der Waals surface area contributed by atoms with Gasteiger partial charge in [-0.3, -0.25) is 0 Å². The van der Waals surface area contributed by atoms with E-state index in [1.807, 2.05) is 6.92 Å². The molecule has 0 bridgehead atoms. The largest absolute Gasteiger partial charge is 0.439 e. The van der Waals surface area contributed by atoms with E-state index in [1.54, 1.807) is 24.3 Å². The van der Waals surface area contributed by atoms with Crippen molar-refractivity contribution in [3.8, 4) is 11.6 Å². The Bertz CT molecular complexity index is 603. The van der Waals surface area contributed by atoms with E-state index in [0.717, 1.165) is 10.2 Å². The van der Waals surface area contributed by atoms with Gasteiger partial charge < -0.3 is 9.84 Å². The number of ether oxygens (including phenoxy) is 1. The number of aromatic nitrogens is 2. The lowest BCUT2D eigenvalue weighted by molar-refractivity contribution is -0.142. The van der Waals surface area contributed by atoms with Crippen LogP contribution >= 0.6 is 0 Å². The quantitative estimate of drug-likeness (QED) is 0.943. The van der Waals surface area contributed by atoms with Crippen molar-refractivity contribution in [2.45, 2.75) is 19.7 Å². The number of aryl methyl sites for hydroxylation is 2. The molecule has 1 heterocycles. The lowest BCUT2D eigenvalue weighted by Gasteiger charge is -2.08. The Morgan fingerprint density at radius 2 is 1.85 bits per heavy atom. The van der Waals surface area contributed by atoms with E-state index < -0.39 is 18.5 Å². The Hall–Kier alpha value is -2.02. The van der Waals surface area contributed by atoms with Crippen LogP contribution in [-0.4, -0.2) is 14.9 Å². The molecule has 0 amide bonds. The van der Waals surface area contributed by atoms with Crippen molar-refractivity contribution >= 4 is 0 Å². The number of benzene rings is 1. The van der Waals surface area contributed by atoms with Gasteiger partial charge in [-0.1, -0.05) is 17.7 Å². The van der Waals surface area contributed by atoms with Crippen molar-refractivity contribution in [3.63, 3.8) is 0 Å². The number of aliphatic hydroxyl groups is 1. The van der Waals surface area contributed by atoms with E-state index in [9.17, 15) is 13.2 Å². The van der Waals surface area contributed by atoms with Crippen LogP contribution in [0.5, 0.6) is 11.6 Å². The fourth-order valence-corrected chi connectivity index (χ4v) is 1.77. The summed E-state index contributed by atoms with van der Waals surface area (Å²) in [5.41, 5.74) is -0.508. The third kappa shape index (κ3) is 2.77. The predicted octanol–water partition coefficient (Wildman–Crippen LogP) is 3.03. The lowest BCUT2D eigenvalue weighted by atomic mass is 10.2. The van der Waals surface area contributed by atoms with Gasteiger partial charge in [-0.2, -0.15) is 18.3 Å². The van der Waals surface area contributed by atoms with Gasteiger partial charge in [0.05, 0.1) is 12.2 Å². The van der Waals surface area contributed by atoms with Gasteiger partial charge in [0.25, 0.3) is 0 Å². The second-order valence-electron chi connectivity index (χ2n) is 4.33. The Labute approximate surface area is 113 Å². The summed E-state index contributed by atoms with van der Waals surface area (Å²) < 4.78 is 44.7. The van der Waals surface area contributed by atoms with Crippen LogP contribution in [-0.2, 0) is 19.8 Å². The normalized spacial score (nSPS) is 11.7. The molecule has 0 saturated carbocycles. The molecular formula is C13H13F3N2O2. The van der Waals surface area contributed by atoms with Crippen molar-refractivity contribution in [2.24, 2.45) is 7.05 Å². The van der Waals surface area contributed by atoms with Gasteiger partial charge in [0.15, 0.2) is 5.69 Å². The third-order valence-electron chi connectivity index (χ3n) is 2.75. The lowest BCUT2D eigenvalue weighted by Crippen LogP contribution is -2.09. The third-order valence-corrected chi connectivity index (χ3v) is 2.75. The molecule has 2 aromatic rings. The molecule has 0 radical (unpaired) electrons. The summed E-state index contributed by atoms with van der Waals surface area (Å²) in [4.78, 5) is 0. The van der Waals surface area contributed by atoms with Crippen LogP contribution in [0.4, 0.5) is 13.2 Å². The number of halogens is 3. The minimum atomic E-state index is -4.63. The van der Waals surface area contributed by atoms with Crippen molar-refractivity contribution in [1.82, 2.24) is 9.78 Å². The molecule has 108 valence electrons. The SMILES string of the molecule is Cc1ccc(Oc2c(CO)c(C(F)(F)F)nn2C)cc1. The van der Waals surface area contributed by atoms with Crippen LogP contribution in [0.2, 0.25) is 0 Å². The Morgan fingerprint density at radius 1 is 1.25 bits per heavy atom.